The van der Waals surface area contributed by atoms with Crippen LogP contribution in [0, 0.1) is 11.3 Å². The number of hydrogen-bond acceptors (Lipinski definition) is 3. The van der Waals surface area contributed by atoms with Crippen LogP contribution in [0.2, 0.25) is 5.02 Å². The topological polar surface area (TPSA) is 82.0 Å². The van der Waals surface area contributed by atoms with Crippen molar-refractivity contribution < 1.29 is 9.59 Å². The Morgan fingerprint density at radius 1 is 1.05 bits per heavy atom. The molecule has 22 heavy (non-hydrogen) atoms. The smallest absolute Gasteiger partial charge is 0.255 e. The number of anilines is 2. The predicted molar refractivity (Wildman–Crippen MR) is 84.7 cm³/mol. The summed E-state index contributed by atoms with van der Waals surface area (Å²) < 4.78 is 0. The van der Waals surface area contributed by atoms with Gasteiger partial charge in [0.15, 0.2) is 0 Å². The Kier molecular flexibility index (Phi) is 5.12. The molecule has 0 spiro atoms. The first-order valence-electron chi connectivity index (χ1n) is 6.42. The molecule has 2 aromatic rings. The largest absolute Gasteiger partial charge is 0.325 e. The Balaban J connectivity index is 2.02. The Hall–Kier alpha value is -2.84. The summed E-state index contributed by atoms with van der Waals surface area (Å²) in [5.41, 5.74) is 1.57. The summed E-state index contributed by atoms with van der Waals surface area (Å²) in [4.78, 5) is 23.4. The maximum atomic E-state index is 12.1. The van der Waals surface area contributed by atoms with E-state index >= 15 is 0 Å². The number of halogens is 1. The number of amides is 2. The number of carbonyl (C=O) groups excluding carboxylic acids is 2. The number of rotatable bonds is 4. The molecule has 6 heteroatoms. The van der Waals surface area contributed by atoms with E-state index in [0.717, 1.165) is 0 Å². The second-order valence-corrected chi connectivity index (χ2v) is 4.86. The average Bonchev–Trinajstić information content (AvgIpc) is 2.48. The van der Waals surface area contributed by atoms with Gasteiger partial charge in [-0.2, -0.15) is 5.26 Å². The van der Waals surface area contributed by atoms with Crippen LogP contribution in [0.1, 0.15) is 16.8 Å². The first-order chi connectivity index (χ1) is 10.6. The molecular formula is C16H12ClN3O2. The van der Waals surface area contributed by atoms with Crippen molar-refractivity contribution in [2.45, 2.75) is 6.42 Å². The molecule has 2 rings (SSSR count). The van der Waals surface area contributed by atoms with Crippen LogP contribution >= 0.6 is 11.6 Å². The van der Waals surface area contributed by atoms with Crippen molar-refractivity contribution in [1.29, 1.82) is 5.26 Å². The lowest BCUT2D eigenvalue weighted by Crippen LogP contribution is -2.13. The molecule has 0 saturated carbocycles. The molecule has 0 aliphatic rings. The highest BCUT2D eigenvalue weighted by atomic mass is 35.5. The van der Waals surface area contributed by atoms with Crippen molar-refractivity contribution in [2.24, 2.45) is 0 Å². The molecule has 0 radical (unpaired) electrons. The van der Waals surface area contributed by atoms with Gasteiger partial charge in [0.05, 0.1) is 6.07 Å². The van der Waals surface area contributed by atoms with Gasteiger partial charge in [0.1, 0.15) is 6.42 Å². The molecule has 2 amide bonds. The van der Waals surface area contributed by atoms with E-state index in [-0.39, 0.29) is 12.3 Å². The summed E-state index contributed by atoms with van der Waals surface area (Å²) in [5.74, 6) is -0.671. The van der Waals surface area contributed by atoms with Gasteiger partial charge < -0.3 is 10.6 Å². The van der Waals surface area contributed by atoms with Crippen LogP contribution in [-0.4, -0.2) is 11.8 Å². The molecule has 0 heterocycles. The second kappa shape index (κ2) is 7.25. The van der Waals surface area contributed by atoms with Crippen LogP contribution in [-0.2, 0) is 4.79 Å². The molecule has 0 saturated heterocycles. The van der Waals surface area contributed by atoms with Gasteiger partial charge >= 0.3 is 0 Å². The molecule has 110 valence electrons. The number of nitrogens with one attached hydrogen (secondary N) is 2. The number of hydrogen-bond donors (Lipinski definition) is 2. The van der Waals surface area contributed by atoms with Gasteiger partial charge in [-0.3, -0.25) is 9.59 Å². The predicted octanol–water partition coefficient (Wildman–Crippen LogP) is 3.44. The average molecular weight is 314 g/mol. The molecule has 0 bridgehead atoms. The Bertz CT molecular complexity index is 736. The first kappa shape index (κ1) is 15.5. The van der Waals surface area contributed by atoms with Crippen molar-refractivity contribution in [3.05, 3.63) is 59.1 Å². The quantitative estimate of drug-likeness (QED) is 0.907. The van der Waals surface area contributed by atoms with Crippen molar-refractivity contribution in [1.82, 2.24) is 0 Å². The highest BCUT2D eigenvalue weighted by Crippen LogP contribution is 2.16. The minimum absolute atomic E-state index is 0.211. The Morgan fingerprint density at radius 2 is 1.77 bits per heavy atom. The Labute approximate surface area is 132 Å². The summed E-state index contributed by atoms with van der Waals surface area (Å²) in [6.07, 6.45) is -0.211. The van der Waals surface area contributed by atoms with Crippen LogP contribution in [0.4, 0.5) is 11.4 Å². The van der Waals surface area contributed by atoms with E-state index < -0.39 is 5.91 Å². The van der Waals surface area contributed by atoms with Crippen molar-refractivity contribution in [3.8, 4) is 6.07 Å². The van der Waals surface area contributed by atoms with Gasteiger partial charge in [0.25, 0.3) is 5.91 Å². The number of nitrogens with zero attached hydrogens (tertiary/aromatic N) is 1. The standard InChI is InChI=1S/C16H12ClN3O2/c17-12-2-1-3-14(10-12)20-16(22)11-4-6-13(7-5-11)19-15(21)8-9-18/h1-7,10H,8H2,(H,19,21)(H,20,22). The monoisotopic (exact) mass is 313 g/mol. The van der Waals surface area contributed by atoms with Crippen LogP contribution in [0.15, 0.2) is 48.5 Å². The van der Waals surface area contributed by atoms with E-state index in [2.05, 4.69) is 10.6 Å². The molecule has 5 nitrogen and oxygen atoms in total. The summed E-state index contributed by atoms with van der Waals surface area (Å²) in [6.45, 7) is 0. The van der Waals surface area contributed by atoms with Crippen molar-refractivity contribution in [2.75, 3.05) is 10.6 Å². The molecule has 2 aromatic carbocycles. The van der Waals surface area contributed by atoms with Gasteiger partial charge in [0.2, 0.25) is 5.91 Å². The lowest BCUT2D eigenvalue weighted by atomic mass is 10.2. The van der Waals surface area contributed by atoms with E-state index in [4.69, 9.17) is 16.9 Å². The number of benzene rings is 2. The van der Waals surface area contributed by atoms with Crippen LogP contribution in [0.25, 0.3) is 0 Å². The fourth-order valence-electron chi connectivity index (χ4n) is 1.75. The van der Waals surface area contributed by atoms with Crippen LogP contribution < -0.4 is 10.6 Å². The van der Waals surface area contributed by atoms with Gasteiger partial charge in [-0.05, 0) is 42.5 Å². The first-order valence-corrected chi connectivity index (χ1v) is 6.80. The maximum Gasteiger partial charge on any atom is 0.255 e. The second-order valence-electron chi connectivity index (χ2n) is 4.42. The summed E-state index contributed by atoms with van der Waals surface area (Å²) >= 11 is 5.85. The van der Waals surface area contributed by atoms with Gasteiger partial charge in [-0.15, -0.1) is 0 Å². The normalized spacial score (nSPS) is 9.64. The zero-order valence-electron chi connectivity index (χ0n) is 11.5. The van der Waals surface area contributed by atoms with Crippen molar-refractivity contribution >= 4 is 34.8 Å². The lowest BCUT2D eigenvalue weighted by Gasteiger charge is -2.07. The fourth-order valence-corrected chi connectivity index (χ4v) is 1.94. The molecule has 0 aliphatic heterocycles. The van der Waals surface area contributed by atoms with Crippen molar-refractivity contribution in [3.63, 3.8) is 0 Å². The third kappa shape index (κ3) is 4.33. The summed E-state index contributed by atoms with van der Waals surface area (Å²) in [7, 11) is 0. The molecule has 0 aliphatic carbocycles. The summed E-state index contributed by atoms with van der Waals surface area (Å²) in [5, 5.41) is 14.2. The molecule has 2 N–H and O–H groups in total. The molecule has 0 unspecified atom stereocenters. The van der Waals surface area contributed by atoms with E-state index in [1.165, 1.54) is 0 Å². The third-order valence-corrected chi connectivity index (χ3v) is 2.99. The van der Waals surface area contributed by atoms with E-state index in [0.29, 0.717) is 22.0 Å². The molecule has 0 atom stereocenters. The number of carbonyl (C=O) groups is 2. The van der Waals surface area contributed by atoms with Crippen LogP contribution in [0.5, 0.6) is 0 Å². The van der Waals surface area contributed by atoms with E-state index in [9.17, 15) is 9.59 Å². The Morgan fingerprint density at radius 3 is 2.41 bits per heavy atom. The minimum Gasteiger partial charge on any atom is -0.325 e. The zero-order chi connectivity index (χ0) is 15.9. The molecule has 0 fully saturated rings. The van der Waals surface area contributed by atoms with E-state index in [1.807, 2.05) is 0 Å². The van der Waals surface area contributed by atoms with E-state index in [1.54, 1.807) is 54.6 Å². The molecular weight excluding hydrogens is 302 g/mol. The van der Waals surface area contributed by atoms with Gasteiger partial charge in [-0.1, -0.05) is 17.7 Å². The molecule has 0 aromatic heterocycles. The fraction of sp³-hybridized carbons (Fsp3) is 0.0625. The highest BCUT2D eigenvalue weighted by molar-refractivity contribution is 6.31. The SMILES string of the molecule is N#CCC(=O)Nc1ccc(C(=O)Nc2cccc(Cl)c2)cc1. The van der Waals surface area contributed by atoms with Crippen LogP contribution in [0.3, 0.4) is 0 Å². The van der Waals surface area contributed by atoms with Gasteiger partial charge in [-0.25, -0.2) is 0 Å². The third-order valence-electron chi connectivity index (χ3n) is 2.75. The maximum absolute atomic E-state index is 12.1. The lowest BCUT2D eigenvalue weighted by molar-refractivity contribution is -0.115. The highest BCUT2D eigenvalue weighted by Gasteiger charge is 2.07. The number of nitriles is 1. The van der Waals surface area contributed by atoms with Gasteiger partial charge in [0, 0.05) is 22.0 Å². The summed E-state index contributed by atoms with van der Waals surface area (Å²) in [6, 6.07) is 15.0. The minimum atomic E-state index is -0.390. The zero-order valence-corrected chi connectivity index (χ0v) is 12.2.